The molecule has 9 nitrogen and oxygen atoms in total. The number of aryl methyl sites for hydroxylation is 1. The van der Waals surface area contributed by atoms with Gasteiger partial charge in [0.2, 0.25) is 5.95 Å². The summed E-state index contributed by atoms with van der Waals surface area (Å²) in [6, 6.07) is 5.82. The quantitative estimate of drug-likeness (QED) is 0.621. The van der Waals surface area contributed by atoms with Crippen molar-refractivity contribution in [1.29, 1.82) is 0 Å². The van der Waals surface area contributed by atoms with E-state index in [1.165, 1.54) is 4.57 Å². The highest BCUT2D eigenvalue weighted by Crippen LogP contribution is 2.28. The van der Waals surface area contributed by atoms with Crippen LogP contribution in [0.2, 0.25) is 0 Å². The fraction of sp³-hybridized carbons (Fsp3) is 0.455. The number of nitrogens with zero attached hydrogens (tertiary/aromatic N) is 3. The predicted molar refractivity (Wildman–Crippen MR) is 122 cm³/mol. The van der Waals surface area contributed by atoms with Crippen LogP contribution < -0.4 is 26.8 Å². The van der Waals surface area contributed by atoms with Gasteiger partial charge in [-0.25, -0.2) is 0 Å². The first-order valence-electron chi connectivity index (χ1n) is 10.6. The van der Waals surface area contributed by atoms with E-state index in [0.29, 0.717) is 49.9 Å². The minimum atomic E-state index is -0.829. The fourth-order valence-corrected chi connectivity index (χ4v) is 3.75. The minimum absolute atomic E-state index is 0.0509. The highest BCUT2D eigenvalue weighted by molar-refractivity contribution is 5.98. The van der Waals surface area contributed by atoms with E-state index in [0.717, 1.165) is 11.3 Å². The lowest BCUT2D eigenvalue weighted by molar-refractivity contribution is -0.119. The zero-order valence-corrected chi connectivity index (χ0v) is 18.5. The number of hydrogen-bond donors (Lipinski definition) is 3. The summed E-state index contributed by atoms with van der Waals surface area (Å²) in [5.41, 5.74) is 7.63. The molecule has 4 N–H and O–H groups in total. The SMILES string of the molecule is CCn1c(NC(C)C)nc(Nc2ccc(N3CCC(=O)CC3)c(C)c2)c(C(N)=O)c1=O. The molecule has 2 heterocycles. The van der Waals surface area contributed by atoms with E-state index in [2.05, 4.69) is 20.5 Å². The summed E-state index contributed by atoms with van der Waals surface area (Å²) >= 11 is 0. The second-order valence-electron chi connectivity index (χ2n) is 8.02. The number of carbonyl (C=O) groups excluding carboxylic acids is 2. The van der Waals surface area contributed by atoms with Crippen molar-refractivity contribution < 1.29 is 9.59 Å². The molecule has 1 aromatic heterocycles. The Morgan fingerprint density at radius 2 is 1.90 bits per heavy atom. The number of ketones is 1. The Labute approximate surface area is 181 Å². The first kappa shape index (κ1) is 22.3. The molecular weight excluding hydrogens is 396 g/mol. The fourth-order valence-electron chi connectivity index (χ4n) is 3.75. The molecular formula is C22H30N6O3. The molecule has 0 aliphatic carbocycles. The van der Waals surface area contributed by atoms with Crippen molar-refractivity contribution in [1.82, 2.24) is 9.55 Å². The number of nitrogens with one attached hydrogen (secondary N) is 2. The number of anilines is 4. The number of aromatic nitrogens is 2. The van der Waals surface area contributed by atoms with Crippen LogP contribution in [0.3, 0.4) is 0 Å². The average Bonchev–Trinajstić information content (AvgIpc) is 2.68. The molecule has 1 saturated heterocycles. The van der Waals surface area contributed by atoms with Crippen LogP contribution in [0.5, 0.6) is 0 Å². The molecule has 1 aliphatic heterocycles. The first-order chi connectivity index (χ1) is 14.7. The lowest BCUT2D eigenvalue weighted by Gasteiger charge is -2.29. The monoisotopic (exact) mass is 426 g/mol. The summed E-state index contributed by atoms with van der Waals surface area (Å²) in [6.45, 7) is 9.45. The molecule has 1 amide bonds. The zero-order valence-electron chi connectivity index (χ0n) is 18.5. The van der Waals surface area contributed by atoms with Crippen LogP contribution >= 0.6 is 0 Å². The van der Waals surface area contributed by atoms with Gasteiger partial charge in [-0.3, -0.25) is 19.0 Å². The van der Waals surface area contributed by atoms with Gasteiger partial charge in [-0.05, 0) is 51.5 Å². The van der Waals surface area contributed by atoms with Crippen LogP contribution in [0.4, 0.5) is 23.1 Å². The van der Waals surface area contributed by atoms with Crippen LogP contribution in [0.25, 0.3) is 0 Å². The Kier molecular flexibility index (Phi) is 6.62. The summed E-state index contributed by atoms with van der Waals surface area (Å²) in [4.78, 5) is 43.2. The largest absolute Gasteiger partial charge is 0.370 e. The van der Waals surface area contributed by atoms with Crippen LogP contribution in [0.1, 0.15) is 49.5 Å². The Bertz CT molecular complexity index is 1050. The maximum absolute atomic E-state index is 12.9. The van der Waals surface area contributed by atoms with Gasteiger partial charge in [0.1, 0.15) is 11.3 Å². The summed E-state index contributed by atoms with van der Waals surface area (Å²) in [6.07, 6.45) is 1.12. The third-order valence-electron chi connectivity index (χ3n) is 5.27. The Balaban J connectivity index is 1.96. The number of Topliss-reactive ketones (excluding diaryl/α,β-unsaturated/α-hetero) is 1. The summed E-state index contributed by atoms with van der Waals surface area (Å²) in [5.74, 6) is -0.0307. The second kappa shape index (κ2) is 9.20. The predicted octanol–water partition coefficient (Wildman–Crippen LogP) is 2.40. The van der Waals surface area contributed by atoms with Gasteiger partial charge in [0.05, 0.1) is 0 Å². The number of primary amides is 1. The topological polar surface area (TPSA) is 122 Å². The summed E-state index contributed by atoms with van der Waals surface area (Å²) in [5, 5.41) is 6.25. The van der Waals surface area contributed by atoms with Crippen LogP contribution in [0.15, 0.2) is 23.0 Å². The first-order valence-corrected chi connectivity index (χ1v) is 10.6. The Morgan fingerprint density at radius 1 is 1.23 bits per heavy atom. The van der Waals surface area contributed by atoms with Crippen molar-refractivity contribution in [3.8, 4) is 0 Å². The van der Waals surface area contributed by atoms with E-state index in [-0.39, 0.29) is 17.4 Å². The van der Waals surface area contributed by atoms with Crippen LogP contribution in [0, 0.1) is 6.92 Å². The molecule has 0 bridgehead atoms. The van der Waals surface area contributed by atoms with Crippen LogP contribution in [-0.4, -0.2) is 40.4 Å². The van der Waals surface area contributed by atoms with Gasteiger partial charge in [0.25, 0.3) is 11.5 Å². The van der Waals surface area contributed by atoms with E-state index in [9.17, 15) is 14.4 Å². The van der Waals surface area contributed by atoms with E-state index in [4.69, 9.17) is 5.73 Å². The van der Waals surface area contributed by atoms with Crippen LogP contribution in [-0.2, 0) is 11.3 Å². The molecule has 3 rings (SSSR count). The number of benzene rings is 1. The Hall–Kier alpha value is -3.36. The van der Waals surface area contributed by atoms with Crippen molar-refractivity contribution >= 4 is 34.8 Å². The van der Waals surface area contributed by atoms with Gasteiger partial charge in [-0.1, -0.05) is 0 Å². The van der Waals surface area contributed by atoms with Gasteiger partial charge in [0, 0.05) is 49.9 Å². The molecule has 9 heteroatoms. The standard InChI is InChI=1S/C22H30N6O3/c1-5-28-21(31)18(19(23)30)20(26-22(28)24-13(2)3)25-15-6-7-17(14(4)12-15)27-10-8-16(29)9-11-27/h6-7,12-13,25H,5,8-11H2,1-4H3,(H2,23,30)(H,24,26). The van der Waals surface area contributed by atoms with Gasteiger partial charge in [-0.15, -0.1) is 0 Å². The van der Waals surface area contributed by atoms with Gasteiger partial charge >= 0.3 is 0 Å². The van der Waals surface area contributed by atoms with E-state index in [1.807, 2.05) is 45.9 Å². The normalized spacial score (nSPS) is 14.1. The Morgan fingerprint density at radius 3 is 2.45 bits per heavy atom. The summed E-state index contributed by atoms with van der Waals surface area (Å²) in [7, 11) is 0. The van der Waals surface area contributed by atoms with Crippen molar-refractivity contribution in [3.63, 3.8) is 0 Å². The highest BCUT2D eigenvalue weighted by atomic mass is 16.2. The molecule has 0 saturated carbocycles. The maximum Gasteiger partial charge on any atom is 0.269 e. The van der Waals surface area contributed by atoms with Crippen molar-refractivity contribution in [3.05, 3.63) is 39.7 Å². The minimum Gasteiger partial charge on any atom is -0.370 e. The molecule has 1 fully saturated rings. The molecule has 0 unspecified atom stereocenters. The molecule has 31 heavy (non-hydrogen) atoms. The summed E-state index contributed by atoms with van der Waals surface area (Å²) < 4.78 is 1.40. The highest BCUT2D eigenvalue weighted by Gasteiger charge is 2.22. The molecule has 1 aliphatic rings. The van der Waals surface area contributed by atoms with Crippen molar-refractivity contribution in [2.75, 3.05) is 28.6 Å². The lowest BCUT2D eigenvalue weighted by Crippen LogP contribution is -2.34. The van der Waals surface area contributed by atoms with Gasteiger partial charge in [-0.2, -0.15) is 4.98 Å². The molecule has 0 atom stereocenters. The molecule has 2 aromatic rings. The van der Waals surface area contributed by atoms with E-state index >= 15 is 0 Å². The number of carbonyl (C=O) groups is 2. The van der Waals surface area contributed by atoms with Crippen molar-refractivity contribution in [2.24, 2.45) is 5.73 Å². The van der Waals surface area contributed by atoms with Crippen molar-refractivity contribution in [2.45, 2.75) is 53.1 Å². The number of amides is 1. The molecule has 166 valence electrons. The molecule has 0 radical (unpaired) electrons. The lowest BCUT2D eigenvalue weighted by atomic mass is 10.1. The molecule has 1 aromatic carbocycles. The number of hydrogen-bond acceptors (Lipinski definition) is 7. The zero-order chi connectivity index (χ0) is 22.7. The van der Waals surface area contributed by atoms with Gasteiger partial charge < -0.3 is 21.3 Å². The maximum atomic E-state index is 12.9. The average molecular weight is 427 g/mol. The number of nitrogens with two attached hydrogens (primary N) is 1. The number of piperidine rings is 1. The van der Waals surface area contributed by atoms with E-state index in [1.54, 1.807) is 0 Å². The number of rotatable bonds is 7. The third-order valence-corrected chi connectivity index (χ3v) is 5.27. The third kappa shape index (κ3) is 4.87. The smallest absolute Gasteiger partial charge is 0.269 e. The second-order valence-corrected chi connectivity index (χ2v) is 8.02. The molecule has 0 spiro atoms. The van der Waals surface area contributed by atoms with Gasteiger partial charge in [0.15, 0.2) is 5.82 Å². The van der Waals surface area contributed by atoms with E-state index < -0.39 is 11.5 Å².